The van der Waals surface area contributed by atoms with Gasteiger partial charge in [0, 0.05) is 31.1 Å². The molecule has 3 heteroatoms. The molecule has 0 spiro atoms. The molecule has 1 aromatic rings. The van der Waals surface area contributed by atoms with Gasteiger partial charge in [0.25, 0.3) is 0 Å². The first-order valence-corrected chi connectivity index (χ1v) is 6.59. The molecule has 0 bridgehead atoms. The van der Waals surface area contributed by atoms with E-state index in [2.05, 4.69) is 24.1 Å². The Balaban J connectivity index is 2.07. The van der Waals surface area contributed by atoms with Crippen molar-refractivity contribution in [2.45, 2.75) is 33.4 Å². The molecule has 0 saturated carbocycles. The summed E-state index contributed by atoms with van der Waals surface area (Å²) in [6, 6.07) is 0. The molecule has 0 aliphatic carbocycles. The van der Waals surface area contributed by atoms with Gasteiger partial charge in [0.05, 0.1) is 0 Å². The van der Waals surface area contributed by atoms with Crippen LogP contribution < -0.4 is 5.73 Å². The average molecular weight is 224 g/mol. The molecule has 84 valence electrons. The summed E-state index contributed by atoms with van der Waals surface area (Å²) in [5.41, 5.74) is 8.65. The van der Waals surface area contributed by atoms with Crippen LogP contribution in [0.2, 0.25) is 0 Å². The zero-order valence-electron chi connectivity index (χ0n) is 9.62. The fourth-order valence-corrected chi connectivity index (χ4v) is 3.45. The van der Waals surface area contributed by atoms with Gasteiger partial charge in [-0.25, -0.2) is 0 Å². The maximum atomic E-state index is 5.73. The van der Waals surface area contributed by atoms with Gasteiger partial charge >= 0.3 is 0 Å². The summed E-state index contributed by atoms with van der Waals surface area (Å²) >= 11 is 1.89. The molecule has 1 aliphatic rings. The van der Waals surface area contributed by atoms with Gasteiger partial charge in [0.2, 0.25) is 0 Å². The van der Waals surface area contributed by atoms with E-state index in [1.807, 2.05) is 11.3 Å². The monoisotopic (exact) mass is 224 g/mol. The van der Waals surface area contributed by atoms with Crippen LogP contribution in [0.1, 0.15) is 29.9 Å². The van der Waals surface area contributed by atoms with Crippen molar-refractivity contribution in [1.29, 1.82) is 0 Å². The van der Waals surface area contributed by atoms with Crippen LogP contribution in [0.5, 0.6) is 0 Å². The number of fused-ring (bicyclic) bond motifs is 1. The van der Waals surface area contributed by atoms with Gasteiger partial charge in [0.15, 0.2) is 0 Å². The molecular formula is C12H20N2S. The predicted octanol–water partition coefficient (Wildman–Crippen LogP) is 2.22. The first-order valence-electron chi connectivity index (χ1n) is 5.71. The second kappa shape index (κ2) is 4.64. The van der Waals surface area contributed by atoms with Gasteiger partial charge in [0.1, 0.15) is 0 Å². The minimum absolute atomic E-state index is 0.704. The molecule has 2 heterocycles. The predicted molar refractivity (Wildman–Crippen MR) is 66.0 cm³/mol. The second-order valence-electron chi connectivity index (χ2n) is 4.75. The molecular weight excluding hydrogens is 204 g/mol. The minimum atomic E-state index is 0.704. The Kier molecular flexibility index (Phi) is 3.44. The van der Waals surface area contributed by atoms with E-state index in [-0.39, 0.29) is 0 Å². The Morgan fingerprint density at radius 1 is 1.53 bits per heavy atom. The minimum Gasteiger partial charge on any atom is -0.326 e. The Bertz CT molecular complexity index is 330. The molecule has 15 heavy (non-hydrogen) atoms. The van der Waals surface area contributed by atoms with Crippen LogP contribution in [0.15, 0.2) is 5.38 Å². The third-order valence-corrected chi connectivity index (χ3v) is 4.02. The largest absolute Gasteiger partial charge is 0.326 e. The van der Waals surface area contributed by atoms with Gasteiger partial charge in [-0.1, -0.05) is 13.8 Å². The molecule has 0 unspecified atom stereocenters. The molecule has 1 aromatic heterocycles. The molecule has 1 aliphatic heterocycles. The molecule has 0 aromatic carbocycles. The number of nitrogens with zero attached hydrogens (tertiary/aromatic N) is 1. The summed E-state index contributed by atoms with van der Waals surface area (Å²) in [5.74, 6) is 0.764. The maximum Gasteiger partial charge on any atom is 0.0331 e. The average Bonchev–Trinajstić information content (AvgIpc) is 2.58. The van der Waals surface area contributed by atoms with Crippen LogP contribution >= 0.6 is 11.3 Å². The summed E-state index contributed by atoms with van der Waals surface area (Å²) in [4.78, 5) is 4.10. The third kappa shape index (κ3) is 2.41. The molecule has 2 N–H and O–H groups in total. The summed E-state index contributed by atoms with van der Waals surface area (Å²) in [6.45, 7) is 8.84. The Labute approximate surface area is 96.1 Å². The van der Waals surface area contributed by atoms with Crippen LogP contribution in [-0.4, -0.2) is 18.0 Å². The van der Waals surface area contributed by atoms with Crippen LogP contribution in [0.4, 0.5) is 0 Å². The van der Waals surface area contributed by atoms with Gasteiger partial charge in [-0.2, -0.15) is 0 Å². The standard InChI is InChI=1S/C12H20N2S/c1-9(2)6-14-4-3-11-10(5-13)8-15-12(11)7-14/h8-9H,3-7,13H2,1-2H3. The highest BCUT2D eigenvalue weighted by Gasteiger charge is 2.20. The zero-order chi connectivity index (χ0) is 10.8. The SMILES string of the molecule is CC(C)CN1CCc2c(CN)csc2C1. The number of thiophene rings is 1. The molecule has 2 rings (SSSR count). The molecule has 0 amide bonds. The molecule has 0 saturated heterocycles. The molecule has 0 fully saturated rings. The smallest absolute Gasteiger partial charge is 0.0331 e. The molecule has 0 radical (unpaired) electrons. The van der Waals surface area contributed by atoms with Crippen molar-refractivity contribution in [3.05, 3.63) is 21.4 Å². The lowest BCUT2D eigenvalue weighted by atomic mass is 10.0. The second-order valence-corrected chi connectivity index (χ2v) is 5.71. The van der Waals surface area contributed by atoms with Crippen molar-refractivity contribution in [2.75, 3.05) is 13.1 Å². The van der Waals surface area contributed by atoms with Gasteiger partial charge in [-0.15, -0.1) is 11.3 Å². The van der Waals surface area contributed by atoms with Crippen molar-refractivity contribution in [3.63, 3.8) is 0 Å². The highest BCUT2D eigenvalue weighted by Crippen LogP contribution is 2.28. The maximum absolute atomic E-state index is 5.73. The lowest BCUT2D eigenvalue weighted by Crippen LogP contribution is -2.33. The van der Waals surface area contributed by atoms with Crippen molar-refractivity contribution >= 4 is 11.3 Å². The van der Waals surface area contributed by atoms with E-state index in [9.17, 15) is 0 Å². The van der Waals surface area contributed by atoms with E-state index < -0.39 is 0 Å². The Hall–Kier alpha value is -0.380. The first kappa shape index (κ1) is 11.1. The molecule has 0 atom stereocenters. The third-order valence-electron chi connectivity index (χ3n) is 2.96. The fraction of sp³-hybridized carbons (Fsp3) is 0.667. The summed E-state index contributed by atoms with van der Waals surface area (Å²) in [6.07, 6.45) is 1.19. The van der Waals surface area contributed by atoms with Crippen molar-refractivity contribution in [2.24, 2.45) is 11.7 Å². The summed E-state index contributed by atoms with van der Waals surface area (Å²) in [7, 11) is 0. The fourth-order valence-electron chi connectivity index (χ4n) is 2.29. The highest BCUT2D eigenvalue weighted by atomic mass is 32.1. The van der Waals surface area contributed by atoms with Crippen molar-refractivity contribution in [3.8, 4) is 0 Å². The number of nitrogens with two attached hydrogens (primary N) is 1. The Morgan fingerprint density at radius 2 is 2.33 bits per heavy atom. The van der Waals surface area contributed by atoms with E-state index in [0.29, 0.717) is 6.54 Å². The quantitative estimate of drug-likeness (QED) is 0.853. The number of hydrogen-bond donors (Lipinski definition) is 1. The first-order chi connectivity index (χ1) is 7.20. The van der Waals surface area contributed by atoms with E-state index in [0.717, 1.165) is 12.5 Å². The summed E-state index contributed by atoms with van der Waals surface area (Å²) in [5, 5.41) is 2.24. The van der Waals surface area contributed by atoms with Gasteiger partial charge in [-0.05, 0) is 28.8 Å². The van der Waals surface area contributed by atoms with Crippen LogP contribution in [0.25, 0.3) is 0 Å². The van der Waals surface area contributed by atoms with Crippen LogP contribution in [-0.2, 0) is 19.5 Å². The lowest BCUT2D eigenvalue weighted by Gasteiger charge is -2.28. The van der Waals surface area contributed by atoms with E-state index in [1.165, 1.54) is 25.1 Å². The highest BCUT2D eigenvalue weighted by molar-refractivity contribution is 7.10. The van der Waals surface area contributed by atoms with E-state index in [1.54, 1.807) is 10.4 Å². The lowest BCUT2D eigenvalue weighted by molar-refractivity contribution is 0.229. The number of rotatable bonds is 3. The van der Waals surface area contributed by atoms with E-state index in [4.69, 9.17) is 5.73 Å². The normalized spacial score (nSPS) is 17.1. The Morgan fingerprint density at radius 3 is 3.00 bits per heavy atom. The van der Waals surface area contributed by atoms with Gasteiger partial charge < -0.3 is 5.73 Å². The van der Waals surface area contributed by atoms with Crippen molar-refractivity contribution in [1.82, 2.24) is 4.90 Å². The number of hydrogen-bond acceptors (Lipinski definition) is 3. The summed E-state index contributed by atoms with van der Waals surface area (Å²) < 4.78 is 0. The van der Waals surface area contributed by atoms with Crippen molar-refractivity contribution < 1.29 is 0 Å². The van der Waals surface area contributed by atoms with Crippen LogP contribution in [0.3, 0.4) is 0 Å². The van der Waals surface area contributed by atoms with E-state index >= 15 is 0 Å². The van der Waals surface area contributed by atoms with Crippen LogP contribution in [0, 0.1) is 5.92 Å². The topological polar surface area (TPSA) is 29.3 Å². The zero-order valence-corrected chi connectivity index (χ0v) is 10.4. The van der Waals surface area contributed by atoms with Gasteiger partial charge in [-0.3, -0.25) is 4.90 Å². The molecule has 2 nitrogen and oxygen atoms in total.